The molecule has 1 amide bonds. The second-order valence-electron chi connectivity index (χ2n) is 6.13. The Morgan fingerprint density at radius 1 is 1.27 bits per heavy atom. The molecule has 0 atom stereocenters. The minimum atomic E-state index is -0.895. The van der Waals surface area contributed by atoms with Gasteiger partial charge in [-0.3, -0.25) is 0 Å². The van der Waals surface area contributed by atoms with Gasteiger partial charge in [-0.15, -0.1) is 0 Å². The monoisotopic (exact) mass is 373 g/mol. The predicted molar refractivity (Wildman–Crippen MR) is 84.5 cm³/mol. The Bertz CT molecular complexity index is 623. The fourth-order valence-electron chi connectivity index (χ4n) is 2.18. The van der Waals surface area contributed by atoms with Gasteiger partial charge in [0, 0.05) is 18.7 Å². The Labute approximate surface area is 137 Å². The third kappa shape index (κ3) is 3.85. The minimum Gasteiger partial charge on any atom is -0.444 e. The number of nitrogens with zero attached hydrogens (tertiary/aromatic N) is 1. The Morgan fingerprint density at radius 2 is 1.95 bits per heavy atom. The lowest BCUT2D eigenvalue weighted by atomic mass is 9.99. The maximum atomic E-state index is 14.0. The lowest BCUT2D eigenvalue weighted by Gasteiger charge is -2.29. The van der Waals surface area contributed by atoms with Crippen molar-refractivity contribution < 1.29 is 18.3 Å². The standard InChI is InChI=1S/C16H18BrF2NO2/c1-16(2,3)22-15(21)20-8-6-10(7-9-20)11-4-5-12(17)14(19)13(11)18/h4-6H,7-9H2,1-3H3. The normalized spacial score (nSPS) is 15.5. The highest BCUT2D eigenvalue weighted by molar-refractivity contribution is 9.10. The van der Waals surface area contributed by atoms with Crippen LogP contribution >= 0.6 is 15.9 Å². The molecule has 0 fully saturated rings. The number of benzene rings is 1. The smallest absolute Gasteiger partial charge is 0.410 e. The van der Waals surface area contributed by atoms with Gasteiger partial charge in [-0.2, -0.15) is 0 Å². The van der Waals surface area contributed by atoms with E-state index >= 15 is 0 Å². The molecule has 0 radical (unpaired) electrons. The van der Waals surface area contributed by atoms with Gasteiger partial charge < -0.3 is 9.64 Å². The van der Waals surface area contributed by atoms with E-state index in [0.717, 1.165) is 0 Å². The molecule has 1 heterocycles. The summed E-state index contributed by atoms with van der Waals surface area (Å²) in [5.74, 6) is -1.76. The maximum absolute atomic E-state index is 14.0. The van der Waals surface area contributed by atoms with Gasteiger partial charge in [-0.05, 0) is 54.8 Å². The van der Waals surface area contributed by atoms with Crippen molar-refractivity contribution in [1.29, 1.82) is 0 Å². The topological polar surface area (TPSA) is 29.5 Å². The van der Waals surface area contributed by atoms with Gasteiger partial charge in [-0.1, -0.05) is 12.1 Å². The highest BCUT2D eigenvalue weighted by atomic mass is 79.9. The number of ether oxygens (including phenoxy) is 1. The van der Waals surface area contributed by atoms with Crippen LogP contribution in [0.25, 0.3) is 5.57 Å². The van der Waals surface area contributed by atoms with Crippen molar-refractivity contribution in [3.63, 3.8) is 0 Å². The summed E-state index contributed by atoms with van der Waals surface area (Å²) >= 11 is 2.96. The molecule has 3 nitrogen and oxygen atoms in total. The van der Waals surface area contributed by atoms with Crippen molar-refractivity contribution in [3.05, 3.63) is 39.9 Å². The fraction of sp³-hybridized carbons (Fsp3) is 0.438. The van der Waals surface area contributed by atoms with E-state index in [9.17, 15) is 13.6 Å². The van der Waals surface area contributed by atoms with Gasteiger partial charge in [0.05, 0.1) is 4.47 Å². The van der Waals surface area contributed by atoms with E-state index in [-0.39, 0.29) is 10.0 Å². The predicted octanol–water partition coefficient (Wildman–Crippen LogP) is 4.75. The number of hydrogen-bond acceptors (Lipinski definition) is 2. The molecule has 1 aliphatic rings. The first-order valence-corrected chi connectivity index (χ1v) is 7.79. The van der Waals surface area contributed by atoms with Gasteiger partial charge in [0.15, 0.2) is 11.6 Å². The molecule has 0 aliphatic carbocycles. The number of halogens is 3. The van der Waals surface area contributed by atoms with Crippen molar-refractivity contribution in [2.45, 2.75) is 32.8 Å². The van der Waals surface area contributed by atoms with E-state index in [1.165, 1.54) is 12.1 Å². The highest BCUT2D eigenvalue weighted by Crippen LogP contribution is 2.29. The molecule has 0 bridgehead atoms. The van der Waals surface area contributed by atoms with Crippen LogP contribution in [-0.4, -0.2) is 29.7 Å². The quantitative estimate of drug-likeness (QED) is 0.664. The first kappa shape index (κ1) is 16.9. The molecule has 1 aromatic carbocycles. The summed E-state index contributed by atoms with van der Waals surface area (Å²) in [4.78, 5) is 13.5. The van der Waals surface area contributed by atoms with E-state index in [2.05, 4.69) is 15.9 Å². The zero-order valence-corrected chi connectivity index (χ0v) is 14.3. The van der Waals surface area contributed by atoms with Gasteiger partial charge in [0.2, 0.25) is 0 Å². The second kappa shape index (κ2) is 6.36. The average molecular weight is 374 g/mol. The number of hydrogen-bond donors (Lipinski definition) is 0. The van der Waals surface area contributed by atoms with Gasteiger partial charge >= 0.3 is 6.09 Å². The average Bonchev–Trinajstić information content (AvgIpc) is 2.43. The molecule has 0 saturated heterocycles. The van der Waals surface area contributed by atoms with E-state index in [0.29, 0.717) is 25.1 Å². The van der Waals surface area contributed by atoms with Crippen LogP contribution in [0.1, 0.15) is 32.8 Å². The minimum absolute atomic E-state index is 0.0977. The molecule has 1 aliphatic heterocycles. The summed E-state index contributed by atoms with van der Waals surface area (Å²) in [7, 11) is 0. The van der Waals surface area contributed by atoms with Crippen molar-refractivity contribution in [1.82, 2.24) is 4.90 Å². The molecule has 1 aromatic rings. The summed E-state index contributed by atoms with van der Waals surface area (Å²) < 4.78 is 33.0. The van der Waals surface area contributed by atoms with E-state index in [4.69, 9.17) is 4.74 Å². The van der Waals surface area contributed by atoms with Crippen molar-refractivity contribution in [2.24, 2.45) is 0 Å². The van der Waals surface area contributed by atoms with Crippen LogP contribution in [0, 0.1) is 11.6 Å². The lowest BCUT2D eigenvalue weighted by molar-refractivity contribution is 0.0270. The Balaban J connectivity index is 2.12. The van der Waals surface area contributed by atoms with Crippen LogP contribution in [0.3, 0.4) is 0 Å². The molecule has 0 aromatic heterocycles. The molecule has 120 valence electrons. The second-order valence-corrected chi connectivity index (χ2v) is 6.98. The Hall–Kier alpha value is -1.43. The summed E-state index contributed by atoms with van der Waals surface area (Å²) in [6.45, 7) is 6.14. The van der Waals surface area contributed by atoms with Crippen LogP contribution in [0.4, 0.5) is 13.6 Å². The SMILES string of the molecule is CC(C)(C)OC(=O)N1CC=C(c2ccc(Br)c(F)c2F)CC1. The zero-order valence-electron chi connectivity index (χ0n) is 12.8. The summed E-state index contributed by atoms with van der Waals surface area (Å²) in [5.41, 5.74) is 0.385. The number of rotatable bonds is 1. The fourth-order valence-corrected chi connectivity index (χ4v) is 2.49. The third-order valence-electron chi connectivity index (χ3n) is 3.24. The Kier molecular flexibility index (Phi) is 4.90. The zero-order chi connectivity index (χ0) is 16.5. The van der Waals surface area contributed by atoms with Crippen molar-refractivity contribution in [3.8, 4) is 0 Å². The molecule has 2 rings (SSSR count). The van der Waals surface area contributed by atoms with Crippen LogP contribution in [0.2, 0.25) is 0 Å². The Morgan fingerprint density at radius 3 is 2.50 bits per heavy atom. The molecule has 0 spiro atoms. The van der Waals surface area contributed by atoms with Crippen LogP contribution in [0.15, 0.2) is 22.7 Å². The van der Waals surface area contributed by atoms with E-state index < -0.39 is 23.3 Å². The maximum Gasteiger partial charge on any atom is 0.410 e. The van der Waals surface area contributed by atoms with Crippen LogP contribution in [-0.2, 0) is 4.74 Å². The summed E-state index contributed by atoms with van der Waals surface area (Å²) in [6, 6.07) is 3.02. The van der Waals surface area contributed by atoms with Crippen molar-refractivity contribution >= 4 is 27.6 Å². The molecular weight excluding hydrogens is 356 g/mol. The lowest BCUT2D eigenvalue weighted by Crippen LogP contribution is -2.39. The molecule has 0 unspecified atom stereocenters. The number of carbonyl (C=O) groups excluding carboxylic acids is 1. The van der Waals surface area contributed by atoms with Gasteiger partial charge in [-0.25, -0.2) is 13.6 Å². The first-order valence-electron chi connectivity index (χ1n) is 7.00. The molecule has 0 saturated carbocycles. The molecule has 22 heavy (non-hydrogen) atoms. The van der Waals surface area contributed by atoms with Crippen LogP contribution < -0.4 is 0 Å². The largest absolute Gasteiger partial charge is 0.444 e. The van der Waals surface area contributed by atoms with Crippen molar-refractivity contribution in [2.75, 3.05) is 13.1 Å². The van der Waals surface area contributed by atoms with Crippen LogP contribution in [0.5, 0.6) is 0 Å². The highest BCUT2D eigenvalue weighted by Gasteiger charge is 2.25. The van der Waals surface area contributed by atoms with E-state index in [1.807, 2.05) is 0 Å². The van der Waals surface area contributed by atoms with E-state index in [1.54, 1.807) is 31.7 Å². The molecule has 0 N–H and O–H groups in total. The summed E-state index contributed by atoms with van der Waals surface area (Å²) in [5, 5.41) is 0. The molecule has 6 heteroatoms. The van der Waals surface area contributed by atoms with Gasteiger partial charge in [0.1, 0.15) is 5.60 Å². The number of amides is 1. The number of carbonyl (C=O) groups is 1. The van der Waals surface area contributed by atoms with Gasteiger partial charge in [0.25, 0.3) is 0 Å². The third-order valence-corrected chi connectivity index (χ3v) is 3.85. The first-order chi connectivity index (χ1) is 10.2. The molecular formula is C16H18BrF2NO2. The summed E-state index contributed by atoms with van der Waals surface area (Å²) in [6.07, 6.45) is 1.79.